The van der Waals surface area contributed by atoms with E-state index in [1.54, 1.807) is 0 Å². The van der Waals surface area contributed by atoms with Gasteiger partial charge in [0.2, 0.25) is 0 Å². The zero-order valence-electron chi connectivity index (χ0n) is 11.4. The van der Waals surface area contributed by atoms with Crippen LogP contribution >= 0.6 is 0 Å². The Morgan fingerprint density at radius 1 is 1.33 bits per heavy atom. The molecule has 0 radical (unpaired) electrons. The molecule has 1 aliphatic rings. The summed E-state index contributed by atoms with van der Waals surface area (Å²) < 4.78 is 42.3. The van der Waals surface area contributed by atoms with Gasteiger partial charge in [0, 0.05) is 12.6 Å². The lowest BCUT2D eigenvalue weighted by atomic mass is 10.1. The highest BCUT2D eigenvalue weighted by molar-refractivity contribution is 5.77. The Kier molecular flexibility index (Phi) is 5.06. The minimum atomic E-state index is -4.37. The minimum Gasteiger partial charge on any atom is -0.484 e. The number of halogens is 3. The Labute approximate surface area is 120 Å². The molecule has 1 saturated heterocycles. The summed E-state index contributed by atoms with van der Waals surface area (Å²) in [4.78, 5) is 11.7. The highest BCUT2D eigenvalue weighted by Crippen LogP contribution is 2.30. The van der Waals surface area contributed by atoms with E-state index in [0.29, 0.717) is 0 Å². The van der Waals surface area contributed by atoms with Gasteiger partial charge >= 0.3 is 6.18 Å². The van der Waals surface area contributed by atoms with Crippen LogP contribution in [0.15, 0.2) is 24.3 Å². The van der Waals surface area contributed by atoms with E-state index in [1.807, 2.05) is 0 Å². The molecule has 1 amide bonds. The van der Waals surface area contributed by atoms with Gasteiger partial charge in [0.15, 0.2) is 6.61 Å². The van der Waals surface area contributed by atoms with Crippen LogP contribution < -0.4 is 15.4 Å². The quantitative estimate of drug-likeness (QED) is 0.894. The first-order valence-corrected chi connectivity index (χ1v) is 6.75. The van der Waals surface area contributed by atoms with E-state index < -0.39 is 11.7 Å². The number of carbonyl (C=O) groups excluding carboxylic acids is 1. The smallest absolute Gasteiger partial charge is 0.416 e. The van der Waals surface area contributed by atoms with E-state index in [1.165, 1.54) is 12.1 Å². The van der Waals surface area contributed by atoms with Crippen molar-refractivity contribution < 1.29 is 22.7 Å². The Morgan fingerprint density at radius 2 is 2.05 bits per heavy atom. The van der Waals surface area contributed by atoms with Gasteiger partial charge in [-0.15, -0.1) is 0 Å². The van der Waals surface area contributed by atoms with Crippen molar-refractivity contribution in [2.75, 3.05) is 19.7 Å². The van der Waals surface area contributed by atoms with Crippen molar-refractivity contribution in [2.24, 2.45) is 0 Å². The monoisotopic (exact) mass is 302 g/mol. The first kappa shape index (κ1) is 15.6. The number of ether oxygens (including phenoxy) is 1. The van der Waals surface area contributed by atoms with Crippen LogP contribution in [0.4, 0.5) is 13.2 Å². The van der Waals surface area contributed by atoms with Crippen LogP contribution in [-0.4, -0.2) is 31.6 Å². The topological polar surface area (TPSA) is 50.4 Å². The molecule has 1 fully saturated rings. The summed E-state index contributed by atoms with van der Waals surface area (Å²) >= 11 is 0. The molecule has 1 aromatic carbocycles. The SMILES string of the molecule is O=C(COc1ccc(C(F)(F)F)cc1)N[C@H]1CCCNC1. The largest absolute Gasteiger partial charge is 0.484 e. The number of piperidine rings is 1. The van der Waals surface area contributed by atoms with Gasteiger partial charge < -0.3 is 15.4 Å². The summed E-state index contributed by atoms with van der Waals surface area (Å²) in [5.41, 5.74) is -0.743. The molecule has 2 N–H and O–H groups in total. The average molecular weight is 302 g/mol. The summed E-state index contributed by atoms with van der Waals surface area (Å²) in [5.74, 6) is -0.0384. The lowest BCUT2D eigenvalue weighted by molar-refractivity contribution is -0.137. The Morgan fingerprint density at radius 3 is 2.62 bits per heavy atom. The molecule has 116 valence electrons. The van der Waals surface area contributed by atoms with Crippen LogP contribution in [-0.2, 0) is 11.0 Å². The van der Waals surface area contributed by atoms with Crippen LogP contribution in [0.1, 0.15) is 18.4 Å². The molecule has 0 aliphatic carbocycles. The molecule has 1 aliphatic heterocycles. The third kappa shape index (κ3) is 4.93. The summed E-state index contributed by atoms with van der Waals surface area (Å²) in [7, 11) is 0. The van der Waals surface area contributed by atoms with E-state index in [2.05, 4.69) is 10.6 Å². The van der Waals surface area contributed by atoms with Crippen molar-refractivity contribution >= 4 is 5.91 Å². The molecule has 1 heterocycles. The van der Waals surface area contributed by atoms with E-state index in [-0.39, 0.29) is 24.3 Å². The van der Waals surface area contributed by atoms with Crippen LogP contribution in [0.25, 0.3) is 0 Å². The van der Waals surface area contributed by atoms with Crippen LogP contribution in [0.2, 0.25) is 0 Å². The lowest BCUT2D eigenvalue weighted by Gasteiger charge is -2.23. The van der Waals surface area contributed by atoms with Gasteiger partial charge in [-0.25, -0.2) is 0 Å². The summed E-state index contributed by atoms with van der Waals surface area (Å²) in [6.07, 6.45) is -2.45. The first-order valence-electron chi connectivity index (χ1n) is 6.75. The number of benzene rings is 1. The molecule has 0 saturated carbocycles. The zero-order valence-corrected chi connectivity index (χ0v) is 11.4. The molecule has 0 bridgehead atoms. The molecule has 2 rings (SSSR count). The van der Waals surface area contributed by atoms with E-state index in [4.69, 9.17) is 4.74 Å². The molecule has 21 heavy (non-hydrogen) atoms. The number of hydrogen-bond acceptors (Lipinski definition) is 3. The van der Waals surface area contributed by atoms with E-state index in [9.17, 15) is 18.0 Å². The van der Waals surface area contributed by atoms with Gasteiger partial charge in [-0.05, 0) is 43.7 Å². The summed E-state index contributed by atoms with van der Waals surface area (Å²) in [6, 6.07) is 4.36. The molecule has 4 nitrogen and oxygen atoms in total. The Balaban J connectivity index is 1.78. The average Bonchev–Trinajstić information content (AvgIpc) is 2.46. The molecule has 0 spiro atoms. The van der Waals surface area contributed by atoms with E-state index >= 15 is 0 Å². The van der Waals surface area contributed by atoms with Crippen molar-refractivity contribution in [3.05, 3.63) is 29.8 Å². The maximum absolute atomic E-state index is 12.4. The predicted octanol–water partition coefficient (Wildman–Crippen LogP) is 1.95. The number of amides is 1. The second kappa shape index (κ2) is 6.80. The van der Waals surface area contributed by atoms with Crippen molar-refractivity contribution in [1.29, 1.82) is 0 Å². The number of carbonyl (C=O) groups is 1. The fourth-order valence-corrected chi connectivity index (χ4v) is 2.13. The molecule has 0 unspecified atom stereocenters. The fraction of sp³-hybridized carbons (Fsp3) is 0.500. The zero-order chi connectivity index (χ0) is 15.3. The normalized spacial score (nSPS) is 19.1. The van der Waals surface area contributed by atoms with Gasteiger partial charge in [-0.2, -0.15) is 13.2 Å². The molecule has 1 aromatic rings. The van der Waals surface area contributed by atoms with Crippen LogP contribution in [0.3, 0.4) is 0 Å². The highest BCUT2D eigenvalue weighted by Gasteiger charge is 2.30. The number of rotatable bonds is 4. The van der Waals surface area contributed by atoms with Gasteiger partial charge in [0.05, 0.1) is 5.56 Å². The van der Waals surface area contributed by atoms with Gasteiger partial charge in [-0.3, -0.25) is 4.79 Å². The molecular formula is C14H17F3N2O2. The second-order valence-electron chi connectivity index (χ2n) is 4.92. The second-order valence-corrected chi connectivity index (χ2v) is 4.92. The molecule has 7 heteroatoms. The third-order valence-corrected chi connectivity index (χ3v) is 3.21. The standard InChI is InChI=1S/C14H17F3N2O2/c15-14(16,17)10-3-5-12(6-4-10)21-9-13(20)19-11-2-1-7-18-8-11/h3-6,11,18H,1-2,7-9H2,(H,19,20)/t11-/m0/s1. The molecule has 1 atom stereocenters. The first-order chi connectivity index (χ1) is 9.95. The maximum atomic E-state index is 12.4. The third-order valence-electron chi connectivity index (χ3n) is 3.21. The van der Waals surface area contributed by atoms with Crippen molar-refractivity contribution in [3.63, 3.8) is 0 Å². The Bertz CT molecular complexity index is 468. The van der Waals surface area contributed by atoms with Crippen molar-refractivity contribution in [2.45, 2.75) is 25.1 Å². The molecule has 0 aromatic heterocycles. The van der Waals surface area contributed by atoms with Crippen LogP contribution in [0.5, 0.6) is 5.75 Å². The number of hydrogen-bond donors (Lipinski definition) is 2. The van der Waals surface area contributed by atoms with Crippen LogP contribution in [0, 0.1) is 0 Å². The Hall–Kier alpha value is -1.76. The minimum absolute atomic E-state index is 0.0856. The highest BCUT2D eigenvalue weighted by atomic mass is 19.4. The predicted molar refractivity (Wildman–Crippen MR) is 71.0 cm³/mol. The van der Waals surface area contributed by atoms with E-state index in [0.717, 1.165) is 38.1 Å². The van der Waals surface area contributed by atoms with Crippen molar-refractivity contribution in [3.8, 4) is 5.75 Å². The number of nitrogens with one attached hydrogen (secondary N) is 2. The summed E-state index contributed by atoms with van der Waals surface area (Å²) in [6.45, 7) is 1.47. The summed E-state index contributed by atoms with van der Waals surface area (Å²) in [5, 5.41) is 5.99. The van der Waals surface area contributed by atoms with Gasteiger partial charge in [-0.1, -0.05) is 0 Å². The maximum Gasteiger partial charge on any atom is 0.416 e. The van der Waals surface area contributed by atoms with Crippen molar-refractivity contribution in [1.82, 2.24) is 10.6 Å². The molecular weight excluding hydrogens is 285 g/mol. The lowest BCUT2D eigenvalue weighted by Crippen LogP contribution is -2.46. The number of alkyl halides is 3. The van der Waals surface area contributed by atoms with Gasteiger partial charge in [0.1, 0.15) is 5.75 Å². The van der Waals surface area contributed by atoms with Gasteiger partial charge in [0.25, 0.3) is 5.91 Å². The fourth-order valence-electron chi connectivity index (χ4n) is 2.13.